The number of nitrogens with zero attached hydrogens (tertiary/aromatic N) is 1. The van der Waals surface area contributed by atoms with Gasteiger partial charge < -0.3 is 20.9 Å². The van der Waals surface area contributed by atoms with Crippen molar-refractivity contribution in [3.05, 3.63) is 28.5 Å². The number of halogens is 1. The maximum atomic E-state index is 10.7. The predicted molar refractivity (Wildman–Crippen MR) is 68.6 cm³/mol. The van der Waals surface area contributed by atoms with Gasteiger partial charge >= 0.3 is 0 Å². The summed E-state index contributed by atoms with van der Waals surface area (Å²) in [4.78, 5) is 17.7. The second-order valence-electron chi connectivity index (χ2n) is 3.98. The zero-order valence-corrected chi connectivity index (χ0v) is 10.9. The molecule has 0 aliphatic heterocycles. The molecular formula is C11H12BrN3O3. The minimum absolute atomic E-state index is 0.296. The molecule has 7 heteroatoms. The van der Waals surface area contributed by atoms with Gasteiger partial charge in [-0.25, -0.2) is 4.98 Å². The van der Waals surface area contributed by atoms with Crippen LogP contribution in [0, 0.1) is 0 Å². The van der Waals surface area contributed by atoms with Crippen LogP contribution in [0.2, 0.25) is 0 Å². The molecule has 2 aromatic heterocycles. The molecule has 96 valence electrons. The summed E-state index contributed by atoms with van der Waals surface area (Å²) in [5, 5.41) is 20.4. The molecule has 2 atom stereocenters. The Bertz CT molecular complexity index is 584. The van der Waals surface area contributed by atoms with Crippen molar-refractivity contribution in [3.8, 4) is 0 Å². The molecule has 2 aromatic rings. The molecular weight excluding hydrogens is 302 g/mol. The fourth-order valence-electron chi connectivity index (χ4n) is 1.77. The Labute approximate surface area is 111 Å². The molecule has 0 radical (unpaired) electrons. The molecule has 0 fully saturated rings. The highest BCUT2D eigenvalue weighted by molar-refractivity contribution is 9.10. The number of aliphatic hydroxyl groups excluding tert-OH is 2. The van der Waals surface area contributed by atoms with Crippen molar-refractivity contribution in [2.45, 2.75) is 18.6 Å². The van der Waals surface area contributed by atoms with E-state index in [1.165, 1.54) is 0 Å². The topological polar surface area (TPSA) is 112 Å². The number of carbonyl (C=O) groups excluding carboxylic acids is 1. The van der Waals surface area contributed by atoms with Gasteiger partial charge in [0.25, 0.3) is 0 Å². The van der Waals surface area contributed by atoms with Crippen molar-refractivity contribution in [2.75, 3.05) is 0 Å². The van der Waals surface area contributed by atoms with Crippen molar-refractivity contribution in [3.63, 3.8) is 0 Å². The first kappa shape index (κ1) is 13.0. The van der Waals surface area contributed by atoms with Gasteiger partial charge in [-0.2, -0.15) is 0 Å². The fourth-order valence-corrected chi connectivity index (χ4v) is 2.10. The number of aliphatic hydroxyl groups is 2. The van der Waals surface area contributed by atoms with Crippen molar-refractivity contribution >= 4 is 32.9 Å². The lowest BCUT2D eigenvalue weighted by Crippen LogP contribution is -2.25. The number of fused-ring (bicyclic) bond motifs is 1. The van der Waals surface area contributed by atoms with E-state index in [0.29, 0.717) is 16.6 Å². The van der Waals surface area contributed by atoms with Gasteiger partial charge in [-0.05, 0) is 22.0 Å². The smallest absolute Gasteiger partial charge is 0.220 e. The van der Waals surface area contributed by atoms with Crippen molar-refractivity contribution in [1.82, 2.24) is 9.97 Å². The van der Waals surface area contributed by atoms with Crippen LogP contribution in [-0.2, 0) is 4.79 Å². The average Bonchev–Trinajstić information content (AvgIpc) is 2.69. The number of aromatic amines is 1. The molecule has 0 aliphatic rings. The predicted octanol–water partition coefficient (Wildman–Crippen LogP) is 0.595. The molecule has 0 spiro atoms. The van der Waals surface area contributed by atoms with Crippen LogP contribution in [0.25, 0.3) is 11.0 Å². The van der Waals surface area contributed by atoms with Gasteiger partial charge in [0.15, 0.2) is 0 Å². The molecule has 0 aliphatic carbocycles. The van der Waals surface area contributed by atoms with Crippen LogP contribution in [0.4, 0.5) is 0 Å². The summed E-state index contributed by atoms with van der Waals surface area (Å²) in [6, 6.07) is 1.77. The maximum absolute atomic E-state index is 10.7. The third-order valence-corrected chi connectivity index (χ3v) is 3.06. The van der Waals surface area contributed by atoms with Gasteiger partial charge in [-0.15, -0.1) is 0 Å². The molecule has 5 N–H and O–H groups in total. The number of rotatable bonds is 4. The van der Waals surface area contributed by atoms with Crippen molar-refractivity contribution in [2.24, 2.45) is 5.73 Å². The lowest BCUT2D eigenvalue weighted by Gasteiger charge is -2.15. The zero-order chi connectivity index (χ0) is 13.3. The number of hydrogen-bond donors (Lipinski definition) is 4. The molecule has 1 amide bonds. The minimum atomic E-state index is -1.24. The number of hydrogen-bond acceptors (Lipinski definition) is 4. The van der Waals surface area contributed by atoms with E-state index >= 15 is 0 Å². The summed E-state index contributed by atoms with van der Waals surface area (Å²) in [5.41, 5.74) is 6.06. The van der Waals surface area contributed by atoms with Crippen LogP contribution >= 0.6 is 15.9 Å². The summed E-state index contributed by atoms with van der Waals surface area (Å²) in [7, 11) is 0. The summed E-state index contributed by atoms with van der Waals surface area (Å²) in [6.07, 6.45) is 0.450. The third kappa shape index (κ3) is 2.53. The molecule has 2 unspecified atom stereocenters. The molecule has 0 saturated carbocycles. The van der Waals surface area contributed by atoms with Gasteiger partial charge in [0.1, 0.15) is 11.8 Å². The summed E-state index contributed by atoms with van der Waals surface area (Å²) >= 11 is 3.28. The summed E-state index contributed by atoms with van der Waals surface area (Å²) in [5.74, 6) is -0.666. The standard InChI is InChI=1S/C11H12BrN3O3/c12-5-1-6-7(4-15-11(6)14-3-5)10(18)8(16)2-9(13)17/h1,3-4,8,10,16,18H,2H2,(H2,13,17)(H,14,15). The molecule has 0 bridgehead atoms. The molecule has 18 heavy (non-hydrogen) atoms. The van der Waals surface area contributed by atoms with Crippen LogP contribution in [0.5, 0.6) is 0 Å². The second kappa shape index (κ2) is 5.05. The lowest BCUT2D eigenvalue weighted by molar-refractivity contribution is -0.121. The van der Waals surface area contributed by atoms with E-state index in [-0.39, 0.29) is 6.42 Å². The van der Waals surface area contributed by atoms with E-state index in [0.717, 1.165) is 4.47 Å². The van der Waals surface area contributed by atoms with Crippen LogP contribution in [-0.4, -0.2) is 32.2 Å². The number of H-pyrrole nitrogens is 1. The van der Waals surface area contributed by atoms with Gasteiger partial charge in [0, 0.05) is 27.8 Å². The van der Waals surface area contributed by atoms with Crippen LogP contribution in [0.15, 0.2) is 22.9 Å². The number of carbonyl (C=O) groups is 1. The molecule has 2 heterocycles. The number of nitrogens with one attached hydrogen (secondary N) is 1. The first-order valence-corrected chi connectivity index (χ1v) is 6.05. The number of primary amides is 1. The second-order valence-corrected chi connectivity index (χ2v) is 4.89. The SMILES string of the molecule is NC(=O)CC(O)C(O)c1c[nH]c2ncc(Br)cc12. The van der Waals surface area contributed by atoms with Crippen molar-refractivity contribution in [1.29, 1.82) is 0 Å². The molecule has 2 rings (SSSR count). The van der Waals surface area contributed by atoms with E-state index in [9.17, 15) is 15.0 Å². The molecule has 0 saturated heterocycles. The quantitative estimate of drug-likeness (QED) is 0.662. The lowest BCUT2D eigenvalue weighted by atomic mass is 10.0. The normalized spacial score (nSPS) is 14.6. The van der Waals surface area contributed by atoms with Crippen molar-refractivity contribution < 1.29 is 15.0 Å². The number of nitrogens with two attached hydrogens (primary N) is 1. The van der Waals surface area contributed by atoms with E-state index in [4.69, 9.17) is 5.73 Å². The zero-order valence-electron chi connectivity index (χ0n) is 9.30. The van der Waals surface area contributed by atoms with Gasteiger partial charge in [0.05, 0.1) is 12.5 Å². The van der Waals surface area contributed by atoms with Gasteiger partial charge in [-0.3, -0.25) is 4.79 Å². The van der Waals surface area contributed by atoms with Crippen LogP contribution in [0.3, 0.4) is 0 Å². The van der Waals surface area contributed by atoms with Gasteiger partial charge in [0.2, 0.25) is 5.91 Å². The third-order valence-electron chi connectivity index (χ3n) is 2.62. The average molecular weight is 314 g/mol. The monoisotopic (exact) mass is 313 g/mol. The van der Waals surface area contributed by atoms with Crippen LogP contribution < -0.4 is 5.73 Å². The molecule has 6 nitrogen and oxygen atoms in total. The number of amides is 1. The van der Waals surface area contributed by atoms with Crippen LogP contribution in [0.1, 0.15) is 18.1 Å². The Hall–Kier alpha value is -1.44. The highest BCUT2D eigenvalue weighted by Crippen LogP contribution is 2.28. The largest absolute Gasteiger partial charge is 0.390 e. The maximum Gasteiger partial charge on any atom is 0.220 e. The van der Waals surface area contributed by atoms with E-state index in [2.05, 4.69) is 25.9 Å². The summed E-state index contributed by atoms with van der Waals surface area (Å²) in [6.45, 7) is 0. The first-order chi connectivity index (χ1) is 8.49. The Morgan fingerprint density at radius 3 is 2.94 bits per heavy atom. The van der Waals surface area contributed by atoms with E-state index in [1.54, 1.807) is 18.5 Å². The Morgan fingerprint density at radius 1 is 1.56 bits per heavy atom. The Morgan fingerprint density at radius 2 is 2.28 bits per heavy atom. The molecule has 0 aromatic carbocycles. The van der Waals surface area contributed by atoms with E-state index < -0.39 is 18.1 Å². The number of aromatic nitrogens is 2. The Kier molecular flexibility index (Phi) is 3.65. The highest BCUT2D eigenvalue weighted by atomic mass is 79.9. The fraction of sp³-hybridized carbons (Fsp3) is 0.273. The van der Waals surface area contributed by atoms with E-state index in [1.807, 2.05) is 0 Å². The number of pyridine rings is 1. The first-order valence-electron chi connectivity index (χ1n) is 5.26. The summed E-state index contributed by atoms with van der Waals surface area (Å²) < 4.78 is 0.757. The minimum Gasteiger partial charge on any atom is -0.390 e. The Balaban J connectivity index is 2.35. The van der Waals surface area contributed by atoms with Gasteiger partial charge in [-0.1, -0.05) is 0 Å². The highest BCUT2D eigenvalue weighted by Gasteiger charge is 2.23.